The van der Waals surface area contributed by atoms with Gasteiger partial charge in [0.05, 0.1) is 25.3 Å². The lowest BCUT2D eigenvalue weighted by molar-refractivity contribution is -0.140. The lowest BCUT2D eigenvalue weighted by Gasteiger charge is -2.25. The molecule has 1 N–H and O–H groups in total. The fourth-order valence-electron chi connectivity index (χ4n) is 4.48. The van der Waals surface area contributed by atoms with Gasteiger partial charge in [0.2, 0.25) is 0 Å². The van der Waals surface area contributed by atoms with Crippen molar-refractivity contribution >= 4 is 17.4 Å². The second-order valence-corrected chi connectivity index (χ2v) is 8.91. The number of ether oxygens (including phenoxy) is 2. The summed E-state index contributed by atoms with van der Waals surface area (Å²) in [6, 6.07) is 15.3. The molecule has 186 valence electrons. The molecule has 2 heterocycles. The van der Waals surface area contributed by atoms with Crippen LogP contribution >= 0.6 is 0 Å². The van der Waals surface area contributed by atoms with Crippen LogP contribution in [0.2, 0.25) is 0 Å². The zero-order chi connectivity index (χ0) is 25.8. The first kappa shape index (κ1) is 25.0. The molecule has 1 aliphatic rings. The Kier molecular flexibility index (Phi) is 7.38. The molecule has 2 aromatic carbocycles. The van der Waals surface area contributed by atoms with E-state index in [1.54, 1.807) is 55.9 Å². The molecule has 0 aliphatic carbocycles. The van der Waals surface area contributed by atoms with Crippen LogP contribution < -0.4 is 9.47 Å². The van der Waals surface area contributed by atoms with Crippen molar-refractivity contribution in [3.8, 4) is 11.5 Å². The van der Waals surface area contributed by atoms with E-state index < -0.39 is 17.7 Å². The predicted molar refractivity (Wildman–Crippen MR) is 137 cm³/mol. The van der Waals surface area contributed by atoms with Crippen molar-refractivity contribution < 1.29 is 24.2 Å². The molecule has 4 rings (SSSR count). The number of methoxy groups -OCH3 is 1. The van der Waals surface area contributed by atoms with Crippen molar-refractivity contribution in [3.63, 3.8) is 0 Å². The SMILES string of the molecule is CCOc1ccc(/C(O)=C2/C(=O)C(=O)N(Cc3cccnc3)C2c2cccc(OC)c2)cc1C(C)C. The average Bonchev–Trinajstić information content (AvgIpc) is 3.14. The molecule has 0 saturated carbocycles. The third-order valence-corrected chi connectivity index (χ3v) is 6.23. The first-order valence-corrected chi connectivity index (χ1v) is 11.9. The van der Waals surface area contributed by atoms with Gasteiger partial charge >= 0.3 is 0 Å². The monoisotopic (exact) mass is 486 g/mol. The van der Waals surface area contributed by atoms with Gasteiger partial charge in [-0.3, -0.25) is 14.6 Å². The number of aliphatic hydroxyl groups excluding tert-OH is 1. The highest BCUT2D eigenvalue weighted by Crippen LogP contribution is 2.42. The summed E-state index contributed by atoms with van der Waals surface area (Å²) in [5.74, 6) is -0.193. The van der Waals surface area contributed by atoms with E-state index in [0.29, 0.717) is 23.5 Å². The van der Waals surface area contributed by atoms with Gasteiger partial charge < -0.3 is 19.5 Å². The number of rotatable bonds is 8. The van der Waals surface area contributed by atoms with E-state index in [2.05, 4.69) is 4.98 Å². The van der Waals surface area contributed by atoms with Crippen LogP contribution in [-0.4, -0.2) is 40.4 Å². The van der Waals surface area contributed by atoms with Gasteiger partial charge in [-0.2, -0.15) is 0 Å². The minimum absolute atomic E-state index is 0.0380. The molecule has 0 radical (unpaired) electrons. The molecule has 36 heavy (non-hydrogen) atoms. The smallest absolute Gasteiger partial charge is 0.295 e. The molecule has 1 atom stereocenters. The van der Waals surface area contributed by atoms with Crippen LogP contribution in [0.25, 0.3) is 5.76 Å². The van der Waals surface area contributed by atoms with Gasteiger partial charge in [0.1, 0.15) is 17.3 Å². The highest BCUT2D eigenvalue weighted by Gasteiger charge is 2.46. The average molecular weight is 487 g/mol. The molecule has 1 saturated heterocycles. The first-order chi connectivity index (χ1) is 17.3. The molecule has 7 nitrogen and oxygen atoms in total. The number of hydrogen-bond acceptors (Lipinski definition) is 6. The third kappa shape index (κ3) is 4.82. The van der Waals surface area contributed by atoms with E-state index in [0.717, 1.165) is 16.9 Å². The van der Waals surface area contributed by atoms with Gasteiger partial charge in [-0.25, -0.2) is 0 Å². The van der Waals surface area contributed by atoms with Crippen LogP contribution in [0.5, 0.6) is 11.5 Å². The summed E-state index contributed by atoms with van der Waals surface area (Å²) in [5.41, 5.74) is 2.83. The van der Waals surface area contributed by atoms with E-state index >= 15 is 0 Å². The van der Waals surface area contributed by atoms with E-state index in [1.807, 2.05) is 39.0 Å². The Labute approximate surface area is 211 Å². The first-order valence-electron chi connectivity index (χ1n) is 11.9. The van der Waals surface area contributed by atoms with Crippen LogP contribution in [0, 0.1) is 0 Å². The molecule has 0 spiro atoms. The number of benzene rings is 2. The normalized spacial score (nSPS) is 17.0. The molecule has 1 fully saturated rings. The molecule has 1 amide bonds. The van der Waals surface area contributed by atoms with Crippen molar-refractivity contribution in [2.45, 2.75) is 39.3 Å². The highest BCUT2D eigenvalue weighted by molar-refractivity contribution is 6.46. The Morgan fingerprint density at radius 3 is 2.58 bits per heavy atom. The van der Waals surface area contributed by atoms with E-state index in [9.17, 15) is 14.7 Å². The maximum absolute atomic E-state index is 13.4. The van der Waals surface area contributed by atoms with E-state index in [-0.39, 0.29) is 23.8 Å². The maximum Gasteiger partial charge on any atom is 0.295 e. The molecule has 7 heteroatoms. The Morgan fingerprint density at radius 1 is 1.11 bits per heavy atom. The van der Waals surface area contributed by atoms with Gasteiger partial charge in [0.25, 0.3) is 11.7 Å². The second-order valence-electron chi connectivity index (χ2n) is 8.91. The van der Waals surface area contributed by atoms with Crippen molar-refractivity contribution in [2.75, 3.05) is 13.7 Å². The van der Waals surface area contributed by atoms with Crippen LogP contribution in [-0.2, 0) is 16.1 Å². The van der Waals surface area contributed by atoms with Crippen molar-refractivity contribution in [2.24, 2.45) is 0 Å². The molecule has 1 aliphatic heterocycles. The summed E-state index contributed by atoms with van der Waals surface area (Å²) >= 11 is 0. The number of ketones is 1. The van der Waals surface area contributed by atoms with Crippen molar-refractivity contribution in [1.29, 1.82) is 0 Å². The van der Waals surface area contributed by atoms with Gasteiger partial charge in [0.15, 0.2) is 0 Å². The summed E-state index contributed by atoms with van der Waals surface area (Å²) < 4.78 is 11.1. The van der Waals surface area contributed by atoms with Crippen LogP contribution in [0.4, 0.5) is 0 Å². The van der Waals surface area contributed by atoms with Crippen LogP contribution in [0.15, 0.2) is 72.6 Å². The molecule has 1 aromatic heterocycles. The predicted octanol–water partition coefficient (Wildman–Crippen LogP) is 5.23. The summed E-state index contributed by atoms with van der Waals surface area (Å²) in [5, 5.41) is 11.5. The summed E-state index contributed by atoms with van der Waals surface area (Å²) in [6.07, 6.45) is 3.30. The van der Waals surface area contributed by atoms with Gasteiger partial charge in [-0.05, 0) is 65.9 Å². The minimum atomic E-state index is -0.797. The third-order valence-electron chi connectivity index (χ3n) is 6.23. The van der Waals surface area contributed by atoms with Crippen molar-refractivity contribution in [1.82, 2.24) is 9.88 Å². The summed E-state index contributed by atoms with van der Waals surface area (Å²) in [6.45, 7) is 6.66. The van der Waals surface area contributed by atoms with Gasteiger partial charge in [-0.1, -0.05) is 32.0 Å². The molecule has 3 aromatic rings. The molecular weight excluding hydrogens is 456 g/mol. The van der Waals surface area contributed by atoms with Crippen LogP contribution in [0.3, 0.4) is 0 Å². The zero-order valence-electron chi connectivity index (χ0n) is 20.9. The number of carbonyl (C=O) groups excluding carboxylic acids is 2. The number of hydrogen-bond donors (Lipinski definition) is 1. The van der Waals surface area contributed by atoms with Crippen molar-refractivity contribution in [3.05, 3.63) is 94.8 Å². The Morgan fingerprint density at radius 2 is 1.92 bits per heavy atom. The number of nitrogens with zero attached hydrogens (tertiary/aromatic N) is 2. The molecule has 0 bridgehead atoms. The molecule has 1 unspecified atom stereocenters. The number of aromatic nitrogens is 1. The molecular formula is C29H30N2O5. The lowest BCUT2D eigenvalue weighted by Crippen LogP contribution is -2.29. The quantitative estimate of drug-likeness (QED) is 0.266. The number of Topliss-reactive ketones (excluding diaryl/α,β-unsaturated/α-hetero) is 1. The topological polar surface area (TPSA) is 89.0 Å². The number of pyridine rings is 1. The maximum atomic E-state index is 13.4. The largest absolute Gasteiger partial charge is 0.507 e. The Bertz CT molecular complexity index is 1300. The van der Waals surface area contributed by atoms with Gasteiger partial charge in [0, 0.05) is 24.5 Å². The minimum Gasteiger partial charge on any atom is -0.507 e. The van der Waals surface area contributed by atoms with E-state index in [4.69, 9.17) is 9.47 Å². The highest BCUT2D eigenvalue weighted by atomic mass is 16.5. The number of carbonyl (C=O) groups is 2. The van der Waals surface area contributed by atoms with E-state index in [1.165, 1.54) is 4.90 Å². The fraction of sp³-hybridized carbons (Fsp3) is 0.276. The second kappa shape index (κ2) is 10.6. The number of likely N-dealkylation sites (tertiary alicyclic amines) is 1. The Balaban J connectivity index is 1.88. The van der Waals surface area contributed by atoms with Gasteiger partial charge in [-0.15, -0.1) is 0 Å². The standard InChI is InChI=1S/C29H30N2O5/c1-5-36-24-12-11-21(15-23(24)18(2)3)27(32)25-26(20-9-6-10-22(14-20)35-4)31(29(34)28(25)33)17-19-8-7-13-30-16-19/h6-16,18,26,32H,5,17H2,1-4H3/b27-25-. The fourth-order valence-corrected chi connectivity index (χ4v) is 4.48. The number of aliphatic hydroxyl groups is 1. The summed E-state index contributed by atoms with van der Waals surface area (Å²) in [7, 11) is 1.55. The number of amides is 1. The lowest BCUT2D eigenvalue weighted by atomic mass is 9.93. The Hall–Kier alpha value is -4.13. The van der Waals surface area contributed by atoms with Crippen LogP contribution in [0.1, 0.15) is 55.0 Å². The zero-order valence-corrected chi connectivity index (χ0v) is 20.9. The summed E-state index contributed by atoms with van der Waals surface area (Å²) in [4.78, 5) is 32.2.